The summed E-state index contributed by atoms with van der Waals surface area (Å²) < 4.78 is 1.89. The zero-order valence-corrected chi connectivity index (χ0v) is 12.0. The van der Waals surface area contributed by atoms with Crippen LogP contribution in [0, 0.1) is 0 Å². The summed E-state index contributed by atoms with van der Waals surface area (Å²) in [6, 6.07) is 11.4. The lowest BCUT2D eigenvalue weighted by Gasteiger charge is -2.07. The first-order valence-electron chi connectivity index (χ1n) is 6.63. The van der Waals surface area contributed by atoms with Crippen LogP contribution in [0.5, 0.6) is 0 Å². The smallest absolute Gasteiger partial charge is 0.240 e. The van der Waals surface area contributed by atoms with Gasteiger partial charge in [-0.05, 0) is 35.9 Å². The molecule has 0 spiro atoms. The van der Waals surface area contributed by atoms with Crippen LogP contribution in [0.2, 0.25) is 5.02 Å². The molecule has 0 radical (unpaired) electrons. The Kier molecular flexibility index (Phi) is 3.88. The zero-order chi connectivity index (χ0) is 14.7. The lowest BCUT2D eigenvalue weighted by molar-refractivity contribution is -0.121. The molecular weight excluding hydrogens is 286 g/mol. The van der Waals surface area contributed by atoms with E-state index in [-0.39, 0.29) is 12.5 Å². The molecule has 106 valence electrons. The Morgan fingerprint density at radius 3 is 2.81 bits per heavy atom. The van der Waals surface area contributed by atoms with E-state index in [0.717, 1.165) is 16.5 Å². The summed E-state index contributed by atoms with van der Waals surface area (Å²) in [6.07, 6.45) is 5.30. The highest BCUT2D eigenvalue weighted by Crippen LogP contribution is 2.23. The topological polar surface area (TPSA) is 46.9 Å². The van der Waals surface area contributed by atoms with Crippen LogP contribution >= 0.6 is 11.6 Å². The Bertz CT molecular complexity index is 768. The van der Waals surface area contributed by atoms with E-state index in [0.29, 0.717) is 11.6 Å². The molecule has 4 nitrogen and oxygen atoms in total. The highest BCUT2D eigenvalue weighted by atomic mass is 35.5. The number of carbonyl (C=O) groups excluding carboxylic acids is 1. The van der Waals surface area contributed by atoms with Crippen LogP contribution in [0.1, 0.15) is 5.56 Å². The number of pyridine rings is 1. The second-order valence-corrected chi connectivity index (χ2v) is 5.16. The van der Waals surface area contributed by atoms with E-state index in [1.807, 2.05) is 47.2 Å². The number of benzene rings is 1. The van der Waals surface area contributed by atoms with Crippen molar-refractivity contribution in [1.29, 1.82) is 0 Å². The Morgan fingerprint density at radius 2 is 2.00 bits per heavy atom. The maximum atomic E-state index is 12.0. The molecule has 1 amide bonds. The van der Waals surface area contributed by atoms with Crippen LogP contribution in [0.3, 0.4) is 0 Å². The molecule has 3 aromatic rings. The van der Waals surface area contributed by atoms with Gasteiger partial charge in [-0.3, -0.25) is 9.78 Å². The largest absolute Gasteiger partial charge is 0.350 e. The van der Waals surface area contributed by atoms with Crippen LogP contribution in [-0.2, 0) is 17.9 Å². The van der Waals surface area contributed by atoms with Gasteiger partial charge in [0.1, 0.15) is 6.54 Å². The van der Waals surface area contributed by atoms with E-state index in [9.17, 15) is 4.79 Å². The molecule has 1 N–H and O–H groups in total. The van der Waals surface area contributed by atoms with Crippen molar-refractivity contribution >= 4 is 28.4 Å². The SMILES string of the molecule is O=C(Cn1ccc2c(Cl)cccc21)NCc1ccncc1. The summed E-state index contributed by atoms with van der Waals surface area (Å²) in [5.41, 5.74) is 1.99. The minimum absolute atomic E-state index is 0.0377. The number of amides is 1. The van der Waals surface area contributed by atoms with Crippen LogP contribution in [0.4, 0.5) is 0 Å². The molecule has 0 aliphatic rings. The summed E-state index contributed by atoms with van der Waals surface area (Å²) in [7, 11) is 0. The first kappa shape index (κ1) is 13.6. The molecule has 21 heavy (non-hydrogen) atoms. The number of carbonyl (C=O) groups is 1. The normalized spacial score (nSPS) is 10.7. The van der Waals surface area contributed by atoms with E-state index in [1.165, 1.54) is 0 Å². The molecule has 1 aromatic carbocycles. The van der Waals surface area contributed by atoms with Crippen LogP contribution in [0.25, 0.3) is 10.9 Å². The molecular formula is C16H14ClN3O. The van der Waals surface area contributed by atoms with Gasteiger partial charge in [-0.15, -0.1) is 0 Å². The second-order valence-electron chi connectivity index (χ2n) is 4.75. The predicted molar refractivity (Wildman–Crippen MR) is 83.0 cm³/mol. The fourth-order valence-corrected chi connectivity index (χ4v) is 2.47. The van der Waals surface area contributed by atoms with Crippen molar-refractivity contribution in [2.24, 2.45) is 0 Å². The van der Waals surface area contributed by atoms with Gasteiger partial charge in [0, 0.05) is 41.1 Å². The number of fused-ring (bicyclic) bond motifs is 1. The van der Waals surface area contributed by atoms with Crippen molar-refractivity contribution in [3.63, 3.8) is 0 Å². The van der Waals surface area contributed by atoms with Gasteiger partial charge in [0.05, 0.1) is 0 Å². The molecule has 2 aromatic heterocycles. The first-order valence-corrected chi connectivity index (χ1v) is 7.01. The van der Waals surface area contributed by atoms with Crippen molar-refractivity contribution in [2.45, 2.75) is 13.1 Å². The second kappa shape index (κ2) is 5.97. The summed E-state index contributed by atoms with van der Waals surface area (Å²) >= 11 is 6.13. The number of halogens is 1. The van der Waals surface area contributed by atoms with Crippen molar-refractivity contribution in [2.75, 3.05) is 0 Å². The maximum absolute atomic E-state index is 12.0. The molecule has 2 heterocycles. The first-order chi connectivity index (χ1) is 10.2. The Labute approximate surface area is 127 Å². The van der Waals surface area contributed by atoms with Crippen LogP contribution in [0.15, 0.2) is 55.0 Å². The molecule has 0 unspecified atom stereocenters. The molecule has 0 saturated heterocycles. The van der Waals surface area contributed by atoms with Gasteiger partial charge in [0.2, 0.25) is 5.91 Å². The van der Waals surface area contributed by atoms with Gasteiger partial charge < -0.3 is 9.88 Å². The third-order valence-corrected chi connectivity index (χ3v) is 3.64. The molecule has 0 bridgehead atoms. The van der Waals surface area contributed by atoms with E-state index in [1.54, 1.807) is 12.4 Å². The van der Waals surface area contributed by atoms with Crippen LogP contribution in [-0.4, -0.2) is 15.5 Å². The number of nitrogens with zero attached hydrogens (tertiary/aromatic N) is 2. The van der Waals surface area contributed by atoms with Crippen molar-refractivity contribution in [1.82, 2.24) is 14.9 Å². The summed E-state index contributed by atoms with van der Waals surface area (Å²) in [5, 5.41) is 4.55. The van der Waals surface area contributed by atoms with Gasteiger partial charge in [-0.1, -0.05) is 17.7 Å². The number of aromatic nitrogens is 2. The molecule has 0 aliphatic heterocycles. The summed E-state index contributed by atoms with van der Waals surface area (Å²) in [4.78, 5) is 16.0. The van der Waals surface area contributed by atoms with E-state index < -0.39 is 0 Å². The minimum atomic E-state index is -0.0377. The van der Waals surface area contributed by atoms with E-state index >= 15 is 0 Å². The fourth-order valence-electron chi connectivity index (χ4n) is 2.24. The van der Waals surface area contributed by atoms with Crippen molar-refractivity contribution in [3.8, 4) is 0 Å². The van der Waals surface area contributed by atoms with Gasteiger partial charge >= 0.3 is 0 Å². The number of hydrogen-bond acceptors (Lipinski definition) is 2. The molecule has 3 rings (SSSR count). The highest BCUT2D eigenvalue weighted by Gasteiger charge is 2.07. The summed E-state index contributed by atoms with van der Waals surface area (Å²) in [5.74, 6) is -0.0377. The Hall–Kier alpha value is -2.33. The molecule has 0 fully saturated rings. The van der Waals surface area contributed by atoms with Gasteiger partial charge in [-0.25, -0.2) is 0 Å². The van der Waals surface area contributed by atoms with Crippen LogP contribution < -0.4 is 5.32 Å². The number of rotatable bonds is 4. The average molecular weight is 300 g/mol. The number of hydrogen-bond donors (Lipinski definition) is 1. The molecule has 0 saturated carbocycles. The minimum Gasteiger partial charge on any atom is -0.350 e. The van der Waals surface area contributed by atoms with Gasteiger partial charge in [-0.2, -0.15) is 0 Å². The third-order valence-electron chi connectivity index (χ3n) is 3.31. The maximum Gasteiger partial charge on any atom is 0.240 e. The molecule has 0 atom stereocenters. The quantitative estimate of drug-likeness (QED) is 0.805. The van der Waals surface area contributed by atoms with E-state index in [4.69, 9.17) is 11.6 Å². The third kappa shape index (κ3) is 3.06. The van der Waals surface area contributed by atoms with E-state index in [2.05, 4.69) is 10.3 Å². The molecule has 0 aliphatic carbocycles. The zero-order valence-electron chi connectivity index (χ0n) is 11.3. The Balaban J connectivity index is 1.68. The fraction of sp³-hybridized carbons (Fsp3) is 0.125. The standard InChI is InChI=1S/C16H14ClN3O/c17-14-2-1-3-15-13(14)6-9-20(15)11-16(21)19-10-12-4-7-18-8-5-12/h1-9H,10-11H2,(H,19,21). The van der Waals surface area contributed by atoms with Crippen molar-refractivity contribution in [3.05, 3.63) is 65.6 Å². The van der Waals surface area contributed by atoms with Gasteiger partial charge in [0.25, 0.3) is 0 Å². The number of nitrogens with one attached hydrogen (secondary N) is 1. The van der Waals surface area contributed by atoms with Crippen molar-refractivity contribution < 1.29 is 4.79 Å². The summed E-state index contributed by atoms with van der Waals surface area (Å²) in [6.45, 7) is 0.774. The predicted octanol–water partition coefficient (Wildman–Crippen LogP) is 3.01. The molecule has 5 heteroatoms. The lowest BCUT2D eigenvalue weighted by atomic mass is 10.2. The Morgan fingerprint density at radius 1 is 1.19 bits per heavy atom. The lowest BCUT2D eigenvalue weighted by Crippen LogP contribution is -2.26. The highest BCUT2D eigenvalue weighted by molar-refractivity contribution is 6.35. The van der Waals surface area contributed by atoms with Gasteiger partial charge in [0.15, 0.2) is 0 Å². The monoisotopic (exact) mass is 299 g/mol. The average Bonchev–Trinajstić information content (AvgIpc) is 2.91.